The molecule has 114 valence electrons. The van der Waals surface area contributed by atoms with Gasteiger partial charge in [-0.3, -0.25) is 4.90 Å². The first kappa shape index (κ1) is 13.5. The van der Waals surface area contributed by atoms with Crippen LogP contribution < -0.4 is 10.6 Å². The van der Waals surface area contributed by atoms with E-state index in [1.807, 2.05) is 12.3 Å². The van der Waals surface area contributed by atoms with Gasteiger partial charge >= 0.3 is 0 Å². The average molecular weight is 286 g/mol. The Morgan fingerprint density at radius 2 is 1.90 bits per heavy atom. The van der Waals surface area contributed by atoms with Gasteiger partial charge in [-0.1, -0.05) is 6.07 Å². The van der Waals surface area contributed by atoms with Gasteiger partial charge in [0.15, 0.2) is 0 Å². The number of fused-ring (bicyclic) bond motifs is 2. The van der Waals surface area contributed by atoms with Gasteiger partial charge in [-0.15, -0.1) is 0 Å². The van der Waals surface area contributed by atoms with Crippen LogP contribution in [0.15, 0.2) is 24.4 Å². The highest BCUT2D eigenvalue weighted by atomic mass is 15.3. The molecule has 4 heteroatoms. The fourth-order valence-electron chi connectivity index (χ4n) is 4.72. The van der Waals surface area contributed by atoms with Crippen molar-refractivity contribution >= 4 is 5.82 Å². The highest BCUT2D eigenvalue weighted by molar-refractivity contribution is 5.38. The Kier molecular flexibility index (Phi) is 3.59. The Labute approximate surface area is 127 Å². The Morgan fingerprint density at radius 3 is 2.57 bits per heavy atom. The minimum absolute atomic E-state index is 0.470. The Morgan fingerprint density at radius 1 is 1.10 bits per heavy atom. The van der Waals surface area contributed by atoms with Crippen molar-refractivity contribution in [2.24, 2.45) is 23.5 Å². The molecule has 4 rings (SSSR count). The molecule has 4 nitrogen and oxygen atoms in total. The Bertz CT molecular complexity index is 467. The molecule has 0 aromatic carbocycles. The van der Waals surface area contributed by atoms with E-state index in [0.29, 0.717) is 6.04 Å². The molecular formula is C17H26N4. The van der Waals surface area contributed by atoms with Gasteiger partial charge in [0.25, 0.3) is 0 Å². The summed E-state index contributed by atoms with van der Waals surface area (Å²) in [5.74, 6) is 3.62. The van der Waals surface area contributed by atoms with E-state index in [9.17, 15) is 0 Å². The zero-order chi connectivity index (χ0) is 14.2. The van der Waals surface area contributed by atoms with Crippen molar-refractivity contribution in [2.75, 3.05) is 37.6 Å². The summed E-state index contributed by atoms with van der Waals surface area (Å²) in [6.07, 6.45) is 6.10. The normalized spacial score (nSPS) is 36.3. The smallest absolute Gasteiger partial charge is 0.128 e. The van der Waals surface area contributed by atoms with Crippen molar-refractivity contribution < 1.29 is 0 Å². The second-order valence-electron chi connectivity index (χ2n) is 7.05. The highest BCUT2D eigenvalue weighted by Gasteiger charge is 2.46. The number of rotatable bonds is 3. The van der Waals surface area contributed by atoms with Crippen molar-refractivity contribution in [3.8, 4) is 0 Å². The van der Waals surface area contributed by atoms with Crippen LogP contribution in [0.5, 0.6) is 0 Å². The maximum atomic E-state index is 6.45. The van der Waals surface area contributed by atoms with Gasteiger partial charge in [-0.2, -0.15) is 0 Å². The number of nitrogens with zero attached hydrogens (tertiary/aromatic N) is 3. The summed E-state index contributed by atoms with van der Waals surface area (Å²) in [5, 5.41) is 0. The zero-order valence-electron chi connectivity index (χ0n) is 12.7. The second kappa shape index (κ2) is 5.58. The molecule has 0 amide bonds. The zero-order valence-corrected chi connectivity index (χ0v) is 12.7. The van der Waals surface area contributed by atoms with Crippen LogP contribution >= 0.6 is 0 Å². The molecule has 1 saturated heterocycles. The molecule has 2 saturated carbocycles. The molecule has 2 N–H and O–H groups in total. The summed E-state index contributed by atoms with van der Waals surface area (Å²) < 4.78 is 0. The molecule has 3 fully saturated rings. The monoisotopic (exact) mass is 286 g/mol. The SMILES string of the molecule is NC1C2CCC(C2)C1CN1CCN(c2ccccn2)CC1. The molecule has 1 aliphatic heterocycles. The van der Waals surface area contributed by atoms with E-state index in [0.717, 1.165) is 49.8 Å². The fraction of sp³-hybridized carbons (Fsp3) is 0.706. The van der Waals surface area contributed by atoms with Crippen molar-refractivity contribution in [3.05, 3.63) is 24.4 Å². The van der Waals surface area contributed by atoms with Gasteiger partial charge in [-0.25, -0.2) is 4.98 Å². The largest absolute Gasteiger partial charge is 0.354 e. The molecule has 1 aromatic rings. The van der Waals surface area contributed by atoms with E-state index in [4.69, 9.17) is 5.73 Å². The van der Waals surface area contributed by atoms with Crippen LogP contribution in [0.3, 0.4) is 0 Å². The van der Waals surface area contributed by atoms with Gasteiger partial charge in [0.1, 0.15) is 5.82 Å². The fourth-order valence-corrected chi connectivity index (χ4v) is 4.72. The van der Waals surface area contributed by atoms with Crippen LogP contribution in [0.1, 0.15) is 19.3 Å². The van der Waals surface area contributed by atoms with Crippen LogP contribution in [-0.2, 0) is 0 Å². The summed E-state index contributed by atoms with van der Waals surface area (Å²) in [6, 6.07) is 6.64. The van der Waals surface area contributed by atoms with Gasteiger partial charge in [-0.05, 0) is 49.1 Å². The lowest BCUT2D eigenvalue weighted by Gasteiger charge is -2.39. The second-order valence-corrected chi connectivity index (χ2v) is 7.05. The minimum Gasteiger partial charge on any atom is -0.354 e. The molecule has 4 unspecified atom stereocenters. The number of piperazine rings is 1. The highest BCUT2D eigenvalue weighted by Crippen LogP contribution is 2.47. The molecular weight excluding hydrogens is 260 g/mol. The summed E-state index contributed by atoms with van der Waals surface area (Å²) in [6.45, 7) is 5.70. The number of anilines is 1. The van der Waals surface area contributed by atoms with E-state index < -0.39 is 0 Å². The molecule has 21 heavy (non-hydrogen) atoms. The summed E-state index contributed by atoms with van der Waals surface area (Å²) >= 11 is 0. The molecule has 4 atom stereocenters. The Balaban J connectivity index is 1.32. The number of pyridine rings is 1. The predicted octanol–water partition coefficient (Wildman–Crippen LogP) is 1.58. The van der Waals surface area contributed by atoms with Crippen molar-refractivity contribution in [3.63, 3.8) is 0 Å². The minimum atomic E-state index is 0.470. The topological polar surface area (TPSA) is 45.4 Å². The number of nitrogens with two attached hydrogens (primary N) is 1. The first-order valence-electron chi connectivity index (χ1n) is 8.45. The molecule has 3 aliphatic rings. The van der Waals surface area contributed by atoms with Gasteiger partial charge < -0.3 is 10.6 Å². The number of hydrogen-bond acceptors (Lipinski definition) is 4. The van der Waals surface area contributed by atoms with Crippen LogP contribution in [0.2, 0.25) is 0 Å². The lowest BCUT2D eigenvalue weighted by atomic mass is 9.84. The molecule has 0 radical (unpaired) electrons. The number of aromatic nitrogens is 1. The lowest BCUT2D eigenvalue weighted by Crippen LogP contribution is -2.50. The van der Waals surface area contributed by atoms with Gasteiger partial charge in [0, 0.05) is 45.0 Å². The maximum Gasteiger partial charge on any atom is 0.128 e. The van der Waals surface area contributed by atoms with Gasteiger partial charge in [0.2, 0.25) is 0 Å². The van der Waals surface area contributed by atoms with Crippen molar-refractivity contribution in [1.29, 1.82) is 0 Å². The number of hydrogen-bond donors (Lipinski definition) is 1. The summed E-state index contributed by atoms with van der Waals surface area (Å²) in [4.78, 5) is 9.49. The van der Waals surface area contributed by atoms with Crippen molar-refractivity contribution in [2.45, 2.75) is 25.3 Å². The molecule has 1 aromatic heterocycles. The lowest BCUT2D eigenvalue weighted by molar-refractivity contribution is 0.167. The maximum absolute atomic E-state index is 6.45. The predicted molar refractivity (Wildman–Crippen MR) is 85.2 cm³/mol. The van der Waals surface area contributed by atoms with Crippen LogP contribution in [0.4, 0.5) is 5.82 Å². The first-order chi connectivity index (χ1) is 10.3. The summed E-state index contributed by atoms with van der Waals surface area (Å²) in [5.41, 5.74) is 6.45. The third-order valence-electron chi connectivity index (χ3n) is 5.97. The van der Waals surface area contributed by atoms with E-state index in [-0.39, 0.29) is 0 Å². The van der Waals surface area contributed by atoms with E-state index in [1.54, 1.807) is 0 Å². The van der Waals surface area contributed by atoms with Crippen molar-refractivity contribution in [1.82, 2.24) is 9.88 Å². The Hall–Kier alpha value is -1.13. The van der Waals surface area contributed by atoms with E-state index in [1.165, 1.54) is 25.8 Å². The van der Waals surface area contributed by atoms with E-state index >= 15 is 0 Å². The van der Waals surface area contributed by atoms with Crippen LogP contribution in [-0.4, -0.2) is 48.6 Å². The molecule has 2 heterocycles. The third kappa shape index (κ3) is 2.55. The first-order valence-corrected chi connectivity index (χ1v) is 8.45. The molecule has 0 spiro atoms. The van der Waals surface area contributed by atoms with Crippen LogP contribution in [0.25, 0.3) is 0 Å². The summed E-state index contributed by atoms with van der Waals surface area (Å²) in [7, 11) is 0. The van der Waals surface area contributed by atoms with Crippen LogP contribution in [0, 0.1) is 17.8 Å². The van der Waals surface area contributed by atoms with E-state index in [2.05, 4.69) is 26.9 Å². The molecule has 2 aliphatic carbocycles. The van der Waals surface area contributed by atoms with Gasteiger partial charge in [0.05, 0.1) is 0 Å². The third-order valence-corrected chi connectivity index (χ3v) is 5.97. The quantitative estimate of drug-likeness (QED) is 0.916. The standard InChI is InChI=1S/C17H26N4/c18-17-14-5-4-13(11-14)15(17)12-20-7-9-21(10-8-20)16-3-1-2-6-19-16/h1-3,6,13-15,17H,4-5,7-12,18H2. The molecule has 2 bridgehead atoms. The average Bonchev–Trinajstić information content (AvgIpc) is 3.12.